The molecule has 0 radical (unpaired) electrons. The van der Waals surface area contributed by atoms with Gasteiger partial charge in [0.25, 0.3) is 0 Å². The molecule has 0 fully saturated rings. The first kappa shape index (κ1) is 11.5. The maximum absolute atomic E-state index is 10.3. The van der Waals surface area contributed by atoms with Crippen molar-refractivity contribution in [3.05, 3.63) is 36.7 Å². The monoisotopic (exact) mass is 180 g/mol. The molecule has 0 saturated heterocycles. The molecule has 1 unspecified atom stereocenters. The molecule has 0 aromatic rings. The van der Waals surface area contributed by atoms with Crippen LogP contribution >= 0.6 is 0 Å². The Hall–Kier alpha value is -1.51. The van der Waals surface area contributed by atoms with E-state index in [0.29, 0.717) is 17.9 Å². The van der Waals surface area contributed by atoms with Crippen LogP contribution in [0, 0.1) is 5.92 Å². The maximum atomic E-state index is 10.3. The molecule has 0 aliphatic rings. The van der Waals surface area contributed by atoms with Crippen molar-refractivity contribution in [3.63, 3.8) is 0 Å². The van der Waals surface area contributed by atoms with Gasteiger partial charge in [-0.25, -0.2) is 0 Å². The number of carbonyl (C=O) groups excluding carboxylic acids is 1. The van der Waals surface area contributed by atoms with Crippen LogP contribution in [0.25, 0.3) is 0 Å². The molecule has 0 saturated carbocycles. The standard InChI is InChI=1S/C10H16N2O/c1-4-9(11)10(5-2)12-6-8(3)7-13/h4-5,7-8,12H,1-2,6,11H2,3H3/b10-9-. The van der Waals surface area contributed by atoms with E-state index in [0.717, 1.165) is 6.29 Å². The molecule has 0 rings (SSSR count). The van der Waals surface area contributed by atoms with Crippen LogP contribution in [0.15, 0.2) is 36.7 Å². The van der Waals surface area contributed by atoms with Crippen molar-refractivity contribution in [2.75, 3.05) is 6.54 Å². The zero-order valence-electron chi connectivity index (χ0n) is 7.92. The average molecular weight is 180 g/mol. The van der Waals surface area contributed by atoms with E-state index in [-0.39, 0.29) is 5.92 Å². The molecule has 0 aliphatic carbocycles. The summed E-state index contributed by atoms with van der Waals surface area (Å²) in [6.07, 6.45) is 4.03. The third-order valence-corrected chi connectivity index (χ3v) is 1.58. The van der Waals surface area contributed by atoms with Crippen LogP contribution in [0.4, 0.5) is 0 Å². The van der Waals surface area contributed by atoms with Gasteiger partial charge in [0.1, 0.15) is 6.29 Å². The van der Waals surface area contributed by atoms with E-state index in [1.165, 1.54) is 6.08 Å². The van der Waals surface area contributed by atoms with Gasteiger partial charge in [0, 0.05) is 12.5 Å². The fourth-order valence-corrected chi connectivity index (χ4v) is 0.721. The Morgan fingerprint density at radius 1 is 1.54 bits per heavy atom. The number of rotatable bonds is 6. The topological polar surface area (TPSA) is 55.1 Å². The minimum absolute atomic E-state index is 0.0347. The lowest BCUT2D eigenvalue weighted by Gasteiger charge is -2.10. The summed E-state index contributed by atoms with van der Waals surface area (Å²) in [6, 6.07) is 0. The largest absolute Gasteiger partial charge is 0.397 e. The van der Waals surface area contributed by atoms with E-state index in [4.69, 9.17) is 5.73 Å². The smallest absolute Gasteiger partial charge is 0.124 e. The predicted octanol–water partition coefficient (Wildman–Crippen LogP) is 0.953. The van der Waals surface area contributed by atoms with Crippen molar-refractivity contribution in [1.29, 1.82) is 0 Å². The minimum Gasteiger partial charge on any atom is -0.397 e. The van der Waals surface area contributed by atoms with Gasteiger partial charge < -0.3 is 15.8 Å². The number of carbonyl (C=O) groups is 1. The number of allylic oxidation sites excluding steroid dienone is 2. The van der Waals surface area contributed by atoms with Crippen molar-refractivity contribution in [1.82, 2.24) is 5.32 Å². The quantitative estimate of drug-likeness (QED) is 0.472. The zero-order chi connectivity index (χ0) is 10.3. The van der Waals surface area contributed by atoms with Crippen LogP contribution in [0.2, 0.25) is 0 Å². The van der Waals surface area contributed by atoms with Gasteiger partial charge in [-0.2, -0.15) is 0 Å². The van der Waals surface area contributed by atoms with Crippen molar-refractivity contribution in [2.24, 2.45) is 11.7 Å². The normalized spacial score (nSPS) is 13.9. The maximum Gasteiger partial charge on any atom is 0.124 e. The molecule has 1 atom stereocenters. The fourth-order valence-electron chi connectivity index (χ4n) is 0.721. The summed E-state index contributed by atoms with van der Waals surface area (Å²) in [5, 5.41) is 3.00. The molecule has 72 valence electrons. The molecule has 0 amide bonds. The molecular formula is C10H16N2O. The van der Waals surface area contributed by atoms with Gasteiger partial charge in [-0.15, -0.1) is 0 Å². The molecular weight excluding hydrogens is 164 g/mol. The third kappa shape index (κ3) is 4.15. The summed E-state index contributed by atoms with van der Waals surface area (Å²) in [7, 11) is 0. The van der Waals surface area contributed by atoms with Crippen molar-refractivity contribution < 1.29 is 4.79 Å². The first-order valence-corrected chi connectivity index (χ1v) is 4.09. The Morgan fingerprint density at radius 2 is 2.15 bits per heavy atom. The molecule has 3 heteroatoms. The van der Waals surface area contributed by atoms with E-state index in [9.17, 15) is 4.79 Å². The Morgan fingerprint density at radius 3 is 2.54 bits per heavy atom. The van der Waals surface area contributed by atoms with Crippen LogP contribution in [0.1, 0.15) is 6.92 Å². The number of aldehydes is 1. The Kier molecular flexibility index (Phi) is 5.35. The summed E-state index contributed by atoms with van der Waals surface area (Å²) >= 11 is 0. The Balaban J connectivity index is 4.22. The Labute approximate surface area is 79.0 Å². The molecule has 0 bridgehead atoms. The lowest BCUT2D eigenvalue weighted by Crippen LogP contribution is -2.22. The van der Waals surface area contributed by atoms with Gasteiger partial charge in [-0.05, 0) is 12.2 Å². The van der Waals surface area contributed by atoms with Crippen molar-refractivity contribution in [2.45, 2.75) is 6.92 Å². The molecule has 0 spiro atoms. The molecule has 3 N–H and O–H groups in total. The van der Waals surface area contributed by atoms with Crippen LogP contribution in [-0.4, -0.2) is 12.8 Å². The molecule has 0 aromatic carbocycles. The molecule has 0 heterocycles. The average Bonchev–Trinajstić information content (AvgIpc) is 2.17. The number of nitrogens with one attached hydrogen (secondary N) is 1. The van der Waals surface area contributed by atoms with Gasteiger partial charge in [0.15, 0.2) is 0 Å². The van der Waals surface area contributed by atoms with Gasteiger partial charge >= 0.3 is 0 Å². The van der Waals surface area contributed by atoms with Crippen LogP contribution in [-0.2, 0) is 4.79 Å². The predicted molar refractivity (Wildman–Crippen MR) is 54.8 cm³/mol. The summed E-state index contributed by atoms with van der Waals surface area (Å²) in [4.78, 5) is 10.3. The third-order valence-electron chi connectivity index (χ3n) is 1.58. The van der Waals surface area contributed by atoms with E-state index in [2.05, 4.69) is 18.5 Å². The lowest BCUT2D eigenvalue weighted by molar-refractivity contribution is -0.110. The van der Waals surface area contributed by atoms with Gasteiger partial charge in [0.05, 0.1) is 11.4 Å². The highest BCUT2D eigenvalue weighted by Crippen LogP contribution is 1.98. The fraction of sp³-hybridized carbons (Fsp3) is 0.300. The molecule has 0 aliphatic heterocycles. The van der Waals surface area contributed by atoms with Crippen LogP contribution in [0.5, 0.6) is 0 Å². The summed E-state index contributed by atoms with van der Waals surface area (Å²) in [5.74, 6) is -0.0347. The summed E-state index contributed by atoms with van der Waals surface area (Å²) < 4.78 is 0. The minimum atomic E-state index is -0.0347. The number of hydrogen-bond donors (Lipinski definition) is 2. The first-order chi connectivity index (χ1) is 6.15. The highest BCUT2D eigenvalue weighted by Gasteiger charge is 2.00. The van der Waals surface area contributed by atoms with Crippen LogP contribution < -0.4 is 11.1 Å². The van der Waals surface area contributed by atoms with E-state index >= 15 is 0 Å². The molecule has 3 nitrogen and oxygen atoms in total. The molecule has 0 aromatic heterocycles. The van der Waals surface area contributed by atoms with Gasteiger partial charge in [-0.3, -0.25) is 0 Å². The van der Waals surface area contributed by atoms with Crippen LogP contribution in [0.3, 0.4) is 0 Å². The van der Waals surface area contributed by atoms with Crippen molar-refractivity contribution in [3.8, 4) is 0 Å². The first-order valence-electron chi connectivity index (χ1n) is 4.09. The SMILES string of the molecule is C=C/C(N)=C(\C=C)NCC(C)C=O. The highest BCUT2D eigenvalue weighted by molar-refractivity contribution is 5.53. The highest BCUT2D eigenvalue weighted by atomic mass is 16.1. The van der Waals surface area contributed by atoms with E-state index in [1.807, 2.05) is 6.92 Å². The van der Waals surface area contributed by atoms with Gasteiger partial charge in [-0.1, -0.05) is 20.1 Å². The second kappa shape index (κ2) is 6.06. The molecule has 13 heavy (non-hydrogen) atoms. The zero-order valence-corrected chi connectivity index (χ0v) is 7.92. The Bertz CT molecular complexity index is 231. The van der Waals surface area contributed by atoms with E-state index in [1.54, 1.807) is 6.08 Å². The number of hydrogen-bond acceptors (Lipinski definition) is 3. The second-order valence-electron chi connectivity index (χ2n) is 2.77. The summed E-state index contributed by atoms with van der Waals surface area (Å²) in [5.41, 5.74) is 6.84. The number of nitrogens with two attached hydrogens (primary N) is 1. The van der Waals surface area contributed by atoms with Crippen molar-refractivity contribution >= 4 is 6.29 Å². The summed E-state index contributed by atoms with van der Waals surface area (Å²) in [6.45, 7) is 9.51. The van der Waals surface area contributed by atoms with E-state index < -0.39 is 0 Å². The van der Waals surface area contributed by atoms with Gasteiger partial charge in [0.2, 0.25) is 0 Å². The lowest BCUT2D eigenvalue weighted by atomic mass is 10.2. The second-order valence-corrected chi connectivity index (χ2v) is 2.77.